The first-order chi connectivity index (χ1) is 22.7. The molecule has 6 rings (SSSR count). The van der Waals surface area contributed by atoms with Gasteiger partial charge in [-0.3, -0.25) is 15.1 Å². The third kappa shape index (κ3) is 7.30. The summed E-state index contributed by atoms with van der Waals surface area (Å²) in [5.41, 5.74) is 7.48. The number of rotatable bonds is 11. The van der Waals surface area contributed by atoms with Gasteiger partial charge in [0, 0.05) is 38.4 Å². The van der Waals surface area contributed by atoms with Crippen LogP contribution in [0.1, 0.15) is 55.3 Å². The van der Waals surface area contributed by atoms with Crippen LogP contribution >= 0.6 is 11.6 Å². The van der Waals surface area contributed by atoms with Gasteiger partial charge in [-0.25, -0.2) is 14.2 Å². The van der Waals surface area contributed by atoms with Gasteiger partial charge in [0.1, 0.15) is 17.2 Å². The van der Waals surface area contributed by atoms with E-state index in [0.717, 1.165) is 12.0 Å². The summed E-state index contributed by atoms with van der Waals surface area (Å²) in [6, 6.07) is 22.0. The molecule has 0 bridgehead atoms. The van der Waals surface area contributed by atoms with Crippen molar-refractivity contribution in [2.75, 3.05) is 24.3 Å². The summed E-state index contributed by atoms with van der Waals surface area (Å²) in [7, 11) is 1.59. The van der Waals surface area contributed by atoms with Gasteiger partial charge in [-0.05, 0) is 66.3 Å². The number of methoxy groups -OCH3 is 1. The molecule has 0 spiro atoms. The lowest BCUT2D eigenvalue weighted by Gasteiger charge is -2.30. The second-order valence-electron chi connectivity index (χ2n) is 12.5. The topological polar surface area (TPSA) is 122 Å². The van der Waals surface area contributed by atoms with Gasteiger partial charge >= 0.3 is 6.03 Å². The standard InChI is InChI=1S/C36H38ClFN6O3/c1-47-35(25-7-3-2-4-8-25)21-28(44(23-35)34(46)43-32-15-13-27(37)22-41-32)20-33(45)42-30-19-26(12-14-29(30)38)36(39,17-16-24-10-11-24)31-9-5-6-18-40-31/h2-9,12-15,18-19,22,24,28H,10-11,16-17,20-21,23,39H2,1H3,(H,42,45)(H,41,43,46)/t28-,35+,36?/m0/s1. The van der Waals surface area contributed by atoms with Crippen LogP contribution in [0, 0.1) is 11.7 Å². The number of nitrogens with two attached hydrogens (primary N) is 1. The predicted octanol–water partition coefficient (Wildman–Crippen LogP) is 6.84. The summed E-state index contributed by atoms with van der Waals surface area (Å²) in [5.74, 6) is -0.0840. The minimum absolute atomic E-state index is 0.0186. The van der Waals surface area contributed by atoms with Crippen molar-refractivity contribution < 1.29 is 18.7 Å². The van der Waals surface area contributed by atoms with Crippen molar-refractivity contribution in [1.82, 2.24) is 14.9 Å². The highest BCUT2D eigenvalue weighted by Crippen LogP contribution is 2.42. The third-order valence-corrected chi connectivity index (χ3v) is 9.51. The van der Waals surface area contributed by atoms with Crippen LogP contribution in [0.15, 0.2) is 91.3 Å². The number of benzene rings is 2. The Bertz CT molecular complexity index is 1710. The van der Waals surface area contributed by atoms with Crippen molar-refractivity contribution in [3.63, 3.8) is 0 Å². The highest BCUT2D eigenvalue weighted by molar-refractivity contribution is 6.30. The fourth-order valence-electron chi connectivity index (χ4n) is 6.43. The maximum Gasteiger partial charge on any atom is 0.323 e. The number of halogens is 2. The first-order valence-electron chi connectivity index (χ1n) is 15.8. The Labute approximate surface area is 278 Å². The highest BCUT2D eigenvalue weighted by Gasteiger charge is 2.48. The lowest BCUT2D eigenvalue weighted by atomic mass is 9.82. The molecule has 2 aromatic carbocycles. The van der Waals surface area contributed by atoms with E-state index in [-0.39, 0.29) is 18.7 Å². The average molecular weight is 657 g/mol. The number of ether oxygens (including phenoxy) is 1. The molecular weight excluding hydrogens is 619 g/mol. The molecule has 1 saturated carbocycles. The second kappa shape index (κ2) is 13.8. The van der Waals surface area contributed by atoms with Gasteiger partial charge in [-0.1, -0.05) is 66.9 Å². The molecule has 3 atom stereocenters. The Morgan fingerprint density at radius 1 is 1.06 bits per heavy atom. The SMILES string of the molecule is CO[C@]1(c2ccccc2)C[C@H](CC(=O)Nc2cc(C(N)(CCC3CC3)c3ccccn3)ccc2F)N(C(=O)Nc2ccc(Cl)cn2)C1. The zero-order valence-electron chi connectivity index (χ0n) is 26.2. The van der Waals surface area contributed by atoms with E-state index in [1.165, 1.54) is 25.1 Å². The molecule has 1 aliphatic carbocycles. The van der Waals surface area contributed by atoms with Gasteiger partial charge < -0.3 is 20.7 Å². The van der Waals surface area contributed by atoms with Crippen LogP contribution in [-0.2, 0) is 20.7 Å². The average Bonchev–Trinajstić information content (AvgIpc) is 3.85. The molecule has 244 valence electrons. The lowest BCUT2D eigenvalue weighted by molar-refractivity contribution is -0.117. The molecule has 1 aliphatic heterocycles. The number of aromatic nitrogens is 2. The molecule has 0 radical (unpaired) electrons. The molecule has 47 heavy (non-hydrogen) atoms. The normalized spacial score (nSPS) is 20.4. The highest BCUT2D eigenvalue weighted by atomic mass is 35.5. The van der Waals surface area contributed by atoms with Crippen molar-refractivity contribution in [3.05, 3.63) is 119 Å². The number of likely N-dealkylation sites (tertiary alicyclic amines) is 1. The monoisotopic (exact) mass is 656 g/mol. The smallest absolute Gasteiger partial charge is 0.323 e. The molecule has 2 fully saturated rings. The number of urea groups is 1. The number of hydrogen-bond donors (Lipinski definition) is 3. The van der Waals surface area contributed by atoms with Gasteiger partial charge in [0.2, 0.25) is 5.91 Å². The molecule has 11 heteroatoms. The van der Waals surface area contributed by atoms with E-state index >= 15 is 4.39 Å². The van der Waals surface area contributed by atoms with Crippen LogP contribution in [0.2, 0.25) is 5.02 Å². The van der Waals surface area contributed by atoms with Crippen LogP contribution in [0.25, 0.3) is 0 Å². The van der Waals surface area contributed by atoms with E-state index in [1.54, 1.807) is 42.5 Å². The van der Waals surface area contributed by atoms with Gasteiger partial charge in [0.05, 0.1) is 28.5 Å². The molecule has 1 saturated heterocycles. The van der Waals surface area contributed by atoms with Crippen molar-refractivity contribution in [1.29, 1.82) is 0 Å². The van der Waals surface area contributed by atoms with E-state index in [4.69, 9.17) is 22.1 Å². The van der Waals surface area contributed by atoms with Gasteiger partial charge in [0.15, 0.2) is 0 Å². The van der Waals surface area contributed by atoms with E-state index in [9.17, 15) is 9.59 Å². The Morgan fingerprint density at radius 2 is 1.85 bits per heavy atom. The summed E-state index contributed by atoms with van der Waals surface area (Å²) in [4.78, 5) is 37.5. The molecule has 2 aliphatic rings. The van der Waals surface area contributed by atoms with Crippen LogP contribution in [-0.4, -0.2) is 46.5 Å². The maximum absolute atomic E-state index is 15.3. The number of nitrogens with zero attached hydrogens (tertiary/aromatic N) is 3. The van der Waals surface area contributed by atoms with E-state index < -0.39 is 34.9 Å². The zero-order chi connectivity index (χ0) is 33.0. The van der Waals surface area contributed by atoms with Crippen LogP contribution in [0.4, 0.5) is 20.7 Å². The molecule has 4 N–H and O–H groups in total. The Balaban J connectivity index is 1.24. The van der Waals surface area contributed by atoms with E-state index in [0.29, 0.717) is 40.9 Å². The molecule has 1 unspecified atom stereocenters. The summed E-state index contributed by atoms with van der Waals surface area (Å²) >= 11 is 5.97. The minimum atomic E-state index is -0.958. The second-order valence-corrected chi connectivity index (χ2v) is 12.9. The molecule has 2 aromatic heterocycles. The first-order valence-corrected chi connectivity index (χ1v) is 16.2. The fourth-order valence-corrected chi connectivity index (χ4v) is 6.54. The van der Waals surface area contributed by atoms with E-state index in [2.05, 4.69) is 20.6 Å². The summed E-state index contributed by atoms with van der Waals surface area (Å²) < 4.78 is 21.3. The molecule has 9 nitrogen and oxygen atoms in total. The number of nitrogens with one attached hydrogen (secondary N) is 2. The zero-order valence-corrected chi connectivity index (χ0v) is 26.9. The van der Waals surface area contributed by atoms with Gasteiger partial charge in [-0.2, -0.15) is 0 Å². The van der Waals surface area contributed by atoms with Crippen LogP contribution in [0.5, 0.6) is 0 Å². The number of carbonyl (C=O) groups is 2. The summed E-state index contributed by atoms with van der Waals surface area (Å²) in [6.07, 6.45) is 7.32. The van der Waals surface area contributed by atoms with Crippen molar-refractivity contribution in [2.45, 2.75) is 55.7 Å². The number of carbonyl (C=O) groups excluding carboxylic acids is 2. The Kier molecular flexibility index (Phi) is 9.54. The molecule has 3 heterocycles. The van der Waals surface area contributed by atoms with Crippen molar-refractivity contribution in [2.24, 2.45) is 11.7 Å². The van der Waals surface area contributed by atoms with Crippen LogP contribution in [0.3, 0.4) is 0 Å². The van der Waals surface area contributed by atoms with Gasteiger partial charge in [0.25, 0.3) is 0 Å². The van der Waals surface area contributed by atoms with Crippen molar-refractivity contribution >= 4 is 35.0 Å². The fraction of sp³-hybridized carbons (Fsp3) is 0.333. The predicted molar refractivity (Wildman–Crippen MR) is 179 cm³/mol. The number of pyridine rings is 2. The summed E-state index contributed by atoms with van der Waals surface area (Å²) in [6.45, 7) is 0.190. The first kappa shape index (κ1) is 32.6. The van der Waals surface area contributed by atoms with Gasteiger partial charge in [-0.15, -0.1) is 0 Å². The molecule has 4 aromatic rings. The minimum Gasteiger partial charge on any atom is -0.372 e. The van der Waals surface area contributed by atoms with E-state index in [1.807, 2.05) is 48.5 Å². The number of hydrogen-bond acceptors (Lipinski definition) is 6. The Hall–Kier alpha value is -4.38. The number of anilines is 2. The molecule has 3 amide bonds. The maximum atomic E-state index is 15.3. The quantitative estimate of drug-likeness (QED) is 0.163. The Morgan fingerprint density at radius 3 is 2.53 bits per heavy atom. The molecular formula is C36H38ClFN6O3. The lowest BCUT2D eigenvalue weighted by Crippen LogP contribution is -2.42. The largest absolute Gasteiger partial charge is 0.372 e. The summed E-state index contributed by atoms with van der Waals surface area (Å²) in [5, 5.41) is 6.00. The van der Waals surface area contributed by atoms with Crippen LogP contribution < -0.4 is 16.4 Å². The number of amides is 3. The van der Waals surface area contributed by atoms with Crippen molar-refractivity contribution in [3.8, 4) is 0 Å². The third-order valence-electron chi connectivity index (χ3n) is 9.29.